The largest absolute Gasteiger partial charge is 0.335 e. The number of rotatable bonds is 4. The fourth-order valence-electron chi connectivity index (χ4n) is 2.36. The number of aromatic nitrogens is 2. The number of alkyl halides is 1. The van der Waals surface area contributed by atoms with E-state index in [-0.39, 0.29) is 5.91 Å². The van der Waals surface area contributed by atoms with Gasteiger partial charge in [-0.3, -0.25) is 14.4 Å². The van der Waals surface area contributed by atoms with E-state index in [9.17, 15) is 4.79 Å². The second-order valence-electron chi connectivity index (χ2n) is 4.82. The molecule has 1 aromatic heterocycles. The highest BCUT2D eigenvalue weighted by atomic mass is 35.5. The highest BCUT2D eigenvalue weighted by Crippen LogP contribution is 2.10. The zero-order chi connectivity index (χ0) is 13.8. The fraction of sp³-hybridized carbons (Fsp3) is 0.692. The van der Waals surface area contributed by atoms with Gasteiger partial charge in [-0.2, -0.15) is 5.10 Å². The molecule has 1 amide bonds. The third kappa shape index (κ3) is 3.28. The summed E-state index contributed by atoms with van der Waals surface area (Å²) in [6, 6.07) is 1.90. The van der Waals surface area contributed by atoms with E-state index >= 15 is 0 Å². The molecular weight excluding hydrogens is 264 g/mol. The van der Waals surface area contributed by atoms with Crippen LogP contribution < -0.4 is 0 Å². The lowest BCUT2D eigenvalue weighted by molar-refractivity contribution is 0.0633. The van der Waals surface area contributed by atoms with Crippen molar-refractivity contribution in [2.75, 3.05) is 38.6 Å². The number of aryl methyl sites for hydroxylation is 2. The Morgan fingerprint density at radius 3 is 2.58 bits per heavy atom. The zero-order valence-electron chi connectivity index (χ0n) is 11.6. The first-order valence-electron chi connectivity index (χ1n) is 6.76. The molecule has 0 N–H and O–H groups in total. The fourth-order valence-corrected chi connectivity index (χ4v) is 2.59. The Morgan fingerprint density at radius 1 is 1.37 bits per heavy atom. The van der Waals surface area contributed by atoms with Gasteiger partial charge in [0, 0.05) is 45.7 Å². The molecule has 19 heavy (non-hydrogen) atoms. The number of piperazine rings is 1. The Kier molecular flexibility index (Phi) is 4.82. The monoisotopic (exact) mass is 284 g/mol. The van der Waals surface area contributed by atoms with Gasteiger partial charge < -0.3 is 4.90 Å². The van der Waals surface area contributed by atoms with Crippen LogP contribution in [0.4, 0.5) is 0 Å². The van der Waals surface area contributed by atoms with E-state index in [1.165, 1.54) is 0 Å². The highest BCUT2D eigenvalue weighted by Gasteiger charge is 2.24. The summed E-state index contributed by atoms with van der Waals surface area (Å²) in [6.07, 6.45) is 0.852. The number of hydrogen-bond acceptors (Lipinski definition) is 3. The van der Waals surface area contributed by atoms with Gasteiger partial charge in [0.15, 0.2) is 0 Å². The van der Waals surface area contributed by atoms with Crippen LogP contribution in [0.25, 0.3) is 0 Å². The number of halogens is 1. The molecule has 0 aliphatic carbocycles. The van der Waals surface area contributed by atoms with E-state index in [0.717, 1.165) is 44.8 Å². The van der Waals surface area contributed by atoms with Gasteiger partial charge in [0.1, 0.15) is 5.69 Å². The van der Waals surface area contributed by atoms with E-state index < -0.39 is 0 Å². The highest BCUT2D eigenvalue weighted by molar-refractivity contribution is 6.18. The van der Waals surface area contributed by atoms with Crippen LogP contribution in [0.3, 0.4) is 0 Å². The minimum Gasteiger partial charge on any atom is -0.335 e. The molecule has 2 rings (SSSR count). The van der Waals surface area contributed by atoms with Gasteiger partial charge in [0.2, 0.25) is 0 Å². The Labute approximate surface area is 119 Å². The van der Waals surface area contributed by atoms with E-state index in [4.69, 9.17) is 11.6 Å². The van der Waals surface area contributed by atoms with Crippen molar-refractivity contribution in [3.05, 3.63) is 17.5 Å². The zero-order valence-corrected chi connectivity index (χ0v) is 12.4. The van der Waals surface area contributed by atoms with Gasteiger partial charge >= 0.3 is 0 Å². The van der Waals surface area contributed by atoms with Crippen LogP contribution in [0, 0.1) is 0 Å². The standard InChI is InChI=1S/C13H21ClN4O/c1-3-11-10-12(16(2)15-11)13(19)18-8-6-17(5-4-14)7-9-18/h10H,3-9H2,1-2H3. The number of carbonyl (C=O) groups is 1. The third-order valence-corrected chi connectivity index (χ3v) is 3.74. The summed E-state index contributed by atoms with van der Waals surface area (Å²) in [7, 11) is 1.83. The Bertz CT molecular complexity index is 438. The maximum absolute atomic E-state index is 12.4. The molecule has 0 atom stereocenters. The third-order valence-electron chi connectivity index (χ3n) is 3.57. The maximum atomic E-state index is 12.4. The first-order chi connectivity index (χ1) is 9.15. The van der Waals surface area contributed by atoms with Gasteiger partial charge in [-0.05, 0) is 12.5 Å². The molecule has 1 aliphatic rings. The lowest BCUT2D eigenvalue weighted by Gasteiger charge is -2.34. The van der Waals surface area contributed by atoms with Crippen molar-refractivity contribution < 1.29 is 4.79 Å². The second-order valence-corrected chi connectivity index (χ2v) is 5.20. The maximum Gasteiger partial charge on any atom is 0.272 e. The molecule has 0 aromatic carbocycles. The smallest absolute Gasteiger partial charge is 0.272 e. The molecule has 5 nitrogen and oxygen atoms in total. The van der Waals surface area contributed by atoms with Crippen LogP contribution in [0.5, 0.6) is 0 Å². The first-order valence-corrected chi connectivity index (χ1v) is 7.29. The number of carbonyl (C=O) groups excluding carboxylic acids is 1. The van der Waals surface area contributed by atoms with Crippen molar-refractivity contribution in [3.63, 3.8) is 0 Å². The number of nitrogens with zero attached hydrogens (tertiary/aromatic N) is 4. The van der Waals surface area contributed by atoms with Gasteiger partial charge in [-0.1, -0.05) is 6.92 Å². The minimum absolute atomic E-state index is 0.0835. The molecule has 0 spiro atoms. The Morgan fingerprint density at radius 2 is 2.05 bits per heavy atom. The van der Waals surface area contributed by atoms with Crippen molar-refractivity contribution in [2.45, 2.75) is 13.3 Å². The van der Waals surface area contributed by atoms with Gasteiger partial charge in [0.25, 0.3) is 5.91 Å². The van der Waals surface area contributed by atoms with Crippen LogP contribution in [-0.4, -0.2) is 64.1 Å². The number of hydrogen-bond donors (Lipinski definition) is 0. The molecule has 1 saturated heterocycles. The van der Waals surface area contributed by atoms with Crippen LogP contribution in [0.15, 0.2) is 6.07 Å². The molecule has 0 radical (unpaired) electrons. The van der Waals surface area contributed by atoms with Gasteiger partial charge in [-0.15, -0.1) is 11.6 Å². The van der Waals surface area contributed by atoms with Crippen molar-refractivity contribution in [2.24, 2.45) is 7.05 Å². The molecular formula is C13H21ClN4O. The van der Waals surface area contributed by atoms with E-state index in [0.29, 0.717) is 11.6 Å². The second kappa shape index (κ2) is 6.39. The normalized spacial score (nSPS) is 16.9. The summed E-state index contributed by atoms with van der Waals surface area (Å²) in [5.74, 6) is 0.732. The van der Waals surface area contributed by atoms with Crippen molar-refractivity contribution in [1.29, 1.82) is 0 Å². The summed E-state index contributed by atoms with van der Waals surface area (Å²) in [6.45, 7) is 6.27. The van der Waals surface area contributed by atoms with Crippen molar-refractivity contribution in [3.8, 4) is 0 Å². The summed E-state index contributed by atoms with van der Waals surface area (Å²) in [4.78, 5) is 16.6. The van der Waals surface area contributed by atoms with Crippen molar-refractivity contribution in [1.82, 2.24) is 19.6 Å². The Balaban J connectivity index is 1.99. The molecule has 1 fully saturated rings. The summed E-state index contributed by atoms with van der Waals surface area (Å²) in [5.41, 5.74) is 1.65. The molecule has 2 heterocycles. The lowest BCUT2D eigenvalue weighted by Crippen LogP contribution is -2.49. The van der Waals surface area contributed by atoms with Crippen LogP contribution >= 0.6 is 11.6 Å². The molecule has 1 aliphatic heterocycles. The first kappa shape index (κ1) is 14.3. The quantitative estimate of drug-likeness (QED) is 0.774. The molecule has 106 valence electrons. The minimum atomic E-state index is 0.0835. The van der Waals surface area contributed by atoms with Crippen molar-refractivity contribution >= 4 is 17.5 Å². The predicted octanol–water partition coefficient (Wildman–Crippen LogP) is 0.979. The Hall–Kier alpha value is -1.07. The van der Waals surface area contributed by atoms with Crippen LogP contribution in [0.2, 0.25) is 0 Å². The van der Waals surface area contributed by atoms with E-state index in [1.807, 2.05) is 24.9 Å². The molecule has 0 bridgehead atoms. The van der Waals surface area contributed by atoms with Crippen LogP contribution in [0.1, 0.15) is 23.1 Å². The summed E-state index contributed by atoms with van der Waals surface area (Å²) < 4.78 is 1.69. The van der Waals surface area contributed by atoms with E-state index in [2.05, 4.69) is 10.00 Å². The molecule has 6 heteroatoms. The number of amides is 1. The molecule has 0 unspecified atom stereocenters. The summed E-state index contributed by atoms with van der Waals surface area (Å²) in [5, 5.41) is 4.33. The van der Waals surface area contributed by atoms with Crippen LogP contribution in [-0.2, 0) is 13.5 Å². The topological polar surface area (TPSA) is 41.4 Å². The van der Waals surface area contributed by atoms with E-state index in [1.54, 1.807) is 4.68 Å². The summed E-state index contributed by atoms with van der Waals surface area (Å²) >= 11 is 5.74. The average Bonchev–Trinajstić information content (AvgIpc) is 2.80. The lowest BCUT2D eigenvalue weighted by atomic mass is 10.2. The van der Waals surface area contributed by atoms with Gasteiger partial charge in [-0.25, -0.2) is 0 Å². The predicted molar refractivity (Wildman–Crippen MR) is 75.6 cm³/mol. The SMILES string of the molecule is CCc1cc(C(=O)N2CCN(CCCl)CC2)n(C)n1. The molecule has 1 aromatic rings. The molecule has 0 saturated carbocycles. The average molecular weight is 285 g/mol. The van der Waals surface area contributed by atoms with Gasteiger partial charge in [0.05, 0.1) is 5.69 Å².